The molecule has 2 atom stereocenters. The van der Waals surface area contributed by atoms with Crippen molar-refractivity contribution in [2.45, 2.75) is 25.0 Å². The zero-order chi connectivity index (χ0) is 25.8. The van der Waals surface area contributed by atoms with Crippen LogP contribution < -0.4 is 10.5 Å². The highest BCUT2D eigenvalue weighted by Crippen LogP contribution is 2.44. The molecule has 4 aromatic carbocycles. The van der Waals surface area contributed by atoms with E-state index in [0.717, 1.165) is 27.8 Å². The summed E-state index contributed by atoms with van der Waals surface area (Å²) in [5, 5.41) is 17.5. The molecule has 0 fully saturated rings. The SMILES string of the molecule is N#Cc1cccc(-c2ccc3c(c2)C(C(=O)N(Cc2ccccc2)C(=N)N)C[C@H](c2ccccc2)O3)c1. The molecule has 0 saturated carbocycles. The molecular formula is C31H26N4O2. The van der Waals surface area contributed by atoms with Gasteiger partial charge in [-0.15, -0.1) is 0 Å². The third kappa shape index (κ3) is 5.07. The maximum Gasteiger partial charge on any atom is 0.237 e. The number of fused-ring (bicyclic) bond motifs is 1. The summed E-state index contributed by atoms with van der Waals surface area (Å²) in [6.45, 7) is 0.210. The van der Waals surface area contributed by atoms with E-state index in [9.17, 15) is 10.1 Å². The Morgan fingerprint density at radius 1 is 0.946 bits per heavy atom. The van der Waals surface area contributed by atoms with Crippen molar-refractivity contribution in [3.05, 3.63) is 125 Å². The van der Waals surface area contributed by atoms with Crippen LogP contribution in [0.25, 0.3) is 11.1 Å². The molecule has 0 aliphatic carbocycles. The van der Waals surface area contributed by atoms with Crippen molar-refractivity contribution in [1.29, 1.82) is 10.7 Å². The molecule has 1 heterocycles. The average Bonchev–Trinajstić information content (AvgIpc) is 2.95. The van der Waals surface area contributed by atoms with E-state index in [2.05, 4.69) is 6.07 Å². The van der Waals surface area contributed by atoms with Gasteiger partial charge in [0.1, 0.15) is 11.9 Å². The Balaban J connectivity index is 1.56. The average molecular weight is 487 g/mol. The number of nitrogens with zero attached hydrogens (tertiary/aromatic N) is 2. The van der Waals surface area contributed by atoms with Crippen molar-refractivity contribution in [3.63, 3.8) is 0 Å². The van der Waals surface area contributed by atoms with Gasteiger partial charge >= 0.3 is 0 Å². The van der Waals surface area contributed by atoms with Crippen LogP contribution in [0.4, 0.5) is 0 Å². The van der Waals surface area contributed by atoms with E-state index in [1.54, 1.807) is 6.07 Å². The molecule has 0 aromatic heterocycles. The van der Waals surface area contributed by atoms with Crippen molar-refractivity contribution in [3.8, 4) is 22.9 Å². The molecule has 1 aliphatic rings. The molecule has 37 heavy (non-hydrogen) atoms. The van der Waals surface area contributed by atoms with Crippen molar-refractivity contribution >= 4 is 11.9 Å². The molecule has 1 aliphatic heterocycles. The van der Waals surface area contributed by atoms with Crippen LogP contribution in [-0.4, -0.2) is 16.8 Å². The number of carbonyl (C=O) groups excluding carboxylic acids is 1. The summed E-state index contributed by atoms with van der Waals surface area (Å²) in [6.07, 6.45) is 0.0942. The Kier molecular flexibility index (Phi) is 6.69. The van der Waals surface area contributed by atoms with Crippen LogP contribution in [-0.2, 0) is 11.3 Å². The monoisotopic (exact) mass is 486 g/mol. The quantitative estimate of drug-likeness (QED) is 0.277. The van der Waals surface area contributed by atoms with Gasteiger partial charge in [-0.05, 0) is 46.5 Å². The highest BCUT2D eigenvalue weighted by Gasteiger charge is 2.37. The lowest BCUT2D eigenvalue weighted by Crippen LogP contribution is -2.44. The minimum atomic E-state index is -0.569. The van der Waals surface area contributed by atoms with Gasteiger partial charge < -0.3 is 10.5 Å². The molecule has 0 bridgehead atoms. The first-order valence-electron chi connectivity index (χ1n) is 12.1. The Bertz CT molecular complexity index is 1480. The number of benzene rings is 4. The second-order valence-corrected chi connectivity index (χ2v) is 9.05. The van der Waals surface area contributed by atoms with E-state index in [-0.39, 0.29) is 24.5 Å². The maximum absolute atomic E-state index is 14.0. The van der Waals surface area contributed by atoms with Crippen LogP contribution >= 0.6 is 0 Å². The van der Waals surface area contributed by atoms with Crippen molar-refractivity contribution in [2.75, 3.05) is 0 Å². The molecule has 0 spiro atoms. The van der Waals surface area contributed by atoms with E-state index in [1.807, 2.05) is 97.1 Å². The van der Waals surface area contributed by atoms with Crippen LogP contribution in [0.15, 0.2) is 103 Å². The number of guanidine groups is 1. The van der Waals surface area contributed by atoms with Crippen LogP contribution in [0, 0.1) is 16.7 Å². The van der Waals surface area contributed by atoms with Gasteiger partial charge in [-0.3, -0.25) is 15.1 Å². The molecule has 6 heteroatoms. The Labute approximate surface area is 216 Å². The van der Waals surface area contributed by atoms with Crippen LogP contribution in [0.1, 0.15) is 40.7 Å². The predicted molar refractivity (Wildman–Crippen MR) is 143 cm³/mol. The molecular weight excluding hydrogens is 460 g/mol. The van der Waals surface area contributed by atoms with E-state index < -0.39 is 5.92 Å². The molecule has 182 valence electrons. The molecule has 4 aromatic rings. The fourth-order valence-electron chi connectivity index (χ4n) is 4.76. The van der Waals surface area contributed by atoms with Crippen molar-refractivity contribution in [1.82, 2.24) is 4.90 Å². The Morgan fingerprint density at radius 2 is 1.65 bits per heavy atom. The van der Waals surface area contributed by atoms with Crippen molar-refractivity contribution < 1.29 is 9.53 Å². The van der Waals surface area contributed by atoms with E-state index >= 15 is 0 Å². The molecule has 0 saturated heterocycles. The highest BCUT2D eigenvalue weighted by molar-refractivity contribution is 5.98. The van der Waals surface area contributed by atoms with Gasteiger partial charge in [0.15, 0.2) is 5.96 Å². The van der Waals surface area contributed by atoms with Gasteiger partial charge in [0.05, 0.1) is 24.1 Å². The van der Waals surface area contributed by atoms with Crippen LogP contribution in [0.2, 0.25) is 0 Å². The molecule has 5 rings (SSSR count). The second-order valence-electron chi connectivity index (χ2n) is 9.05. The summed E-state index contributed by atoms with van der Waals surface area (Å²) >= 11 is 0. The number of hydrogen-bond donors (Lipinski definition) is 2. The number of rotatable bonds is 5. The lowest BCUT2D eigenvalue weighted by molar-refractivity contribution is -0.130. The topological polar surface area (TPSA) is 103 Å². The summed E-state index contributed by atoms with van der Waals surface area (Å²) in [7, 11) is 0. The number of hydrogen-bond acceptors (Lipinski definition) is 4. The van der Waals surface area contributed by atoms with Gasteiger partial charge in [0, 0.05) is 12.0 Å². The third-order valence-electron chi connectivity index (χ3n) is 6.64. The van der Waals surface area contributed by atoms with E-state index in [4.69, 9.17) is 15.9 Å². The first-order chi connectivity index (χ1) is 18.0. The van der Waals surface area contributed by atoms with Gasteiger partial charge in [-0.25, -0.2) is 0 Å². The number of ether oxygens (including phenoxy) is 1. The summed E-state index contributed by atoms with van der Waals surface area (Å²) in [6, 6.07) is 34.7. The summed E-state index contributed by atoms with van der Waals surface area (Å²) in [5.74, 6) is -0.483. The molecule has 1 amide bonds. The van der Waals surface area contributed by atoms with Gasteiger partial charge in [-0.1, -0.05) is 78.9 Å². The van der Waals surface area contributed by atoms with Crippen LogP contribution in [0.3, 0.4) is 0 Å². The Hall–Kier alpha value is -4.89. The molecule has 6 nitrogen and oxygen atoms in total. The smallest absolute Gasteiger partial charge is 0.237 e. The standard InChI is InChI=1S/C31H26N4O2/c32-19-22-10-7-13-24(16-22)25-14-15-28-26(17-25)27(18-29(37-28)23-11-5-2-6-12-23)30(36)35(31(33)34)20-21-8-3-1-4-9-21/h1-17,27,29H,18,20H2,(H3,33,34)/t27?,29-/m1/s1. The highest BCUT2D eigenvalue weighted by atomic mass is 16.5. The number of carbonyl (C=O) groups is 1. The Morgan fingerprint density at radius 3 is 2.35 bits per heavy atom. The minimum absolute atomic E-state index is 0.210. The number of nitrogens with two attached hydrogens (primary N) is 1. The summed E-state index contributed by atoms with van der Waals surface area (Å²) in [4.78, 5) is 15.4. The molecule has 0 radical (unpaired) electrons. The predicted octanol–water partition coefficient (Wildman–Crippen LogP) is 5.75. The number of amides is 1. The summed E-state index contributed by atoms with van der Waals surface area (Å²) in [5.41, 5.74) is 10.9. The second kappa shape index (κ2) is 10.4. The number of nitrogens with one attached hydrogen (secondary N) is 1. The fourth-order valence-corrected chi connectivity index (χ4v) is 4.76. The third-order valence-corrected chi connectivity index (χ3v) is 6.64. The first kappa shape index (κ1) is 23.8. The van der Waals surface area contributed by atoms with Crippen molar-refractivity contribution in [2.24, 2.45) is 5.73 Å². The molecule has 3 N–H and O–H groups in total. The normalized spacial score (nSPS) is 16.1. The lowest BCUT2D eigenvalue weighted by Gasteiger charge is -2.34. The molecule has 1 unspecified atom stereocenters. The van der Waals surface area contributed by atoms with E-state index in [0.29, 0.717) is 17.7 Å². The maximum atomic E-state index is 14.0. The van der Waals surface area contributed by atoms with Gasteiger partial charge in [-0.2, -0.15) is 5.26 Å². The first-order valence-corrected chi connectivity index (χ1v) is 12.1. The zero-order valence-electron chi connectivity index (χ0n) is 20.2. The van der Waals surface area contributed by atoms with E-state index in [1.165, 1.54) is 4.90 Å². The van der Waals surface area contributed by atoms with Gasteiger partial charge in [0.2, 0.25) is 5.91 Å². The fraction of sp³-hybridized carbons (Fsp3) is 0.129. The lowest BCUT2D eigenvalue weighted by atomic mass is 9.84. The number of nitriles is 1. The summed E-state index contributed by atoms with van der Waals surface area (Å²) < 4.78 is 6.38. The minimum Gasteiger partial charge on any atom is -0.485 e. The zero-order valence-corrected chi connectivity index (χ0v) is 20.2. The largest absolute Gasteiger partial charge is 0.485 e. The van der Waals surface area contributed by atoms with Crippen LogP contribution in [0.5, 0.6) is 5.75 Å². The van der Waals surface area contributed by atoms with Gasteiger partial charge in [0.25, 0.3) is 0 Å².